The molecule has 0 saturated heterocycles. The molecule has 0 amide bonds. The monoisotopic (exact) mass is 369 g/mol. The molecule has 3 rings (SSSR count). The van der Waals surface area contributed by atoms with Crippen LogP contribution in [0.5, 0.6) is 11.5 Å². The number of nitrogens with zero attached hydrogens (tertiary/aromatic N) is 2. The number of nitrogen functional groups attached to an aromatic ring is 1. The van der Waals surface area contributed by atoms with Gasteiger partial charge in [-0.15, -0.1) is 0 Å². The Balaban J connectivity index is 2.30. The van der Waals surface area contributed by atoms with Crippen LogP contribution < -0.4 is 15.2 Å². The van der Waals surface area contributed by atoms with Crippen LogP contribution in [0.1, 0.15) is 23.7 Å². The van der Waals surface area contributed by atoms with Gasteiger partial charge >= 0.3 is 5.97 Å². The number of fused-ring (bicyclic) bond motifs is 1. The van der Waals surface area contributed by atoms with Crippen molar-refractivity contribution in [1.82, 2.24) is 4.98 Å². The second-order valence-electron chi connectivity index (χ2n) is 6.02. The molecule has 0 unspecified atom stereocenters. The van der Waals surface area contributed by atoms with Crippen LogP contribution in [0, 0.1) is 11.3 Å². The van der Waals surface area contributed by atoms with Crippen molar-refractivity contribution in [3.63, 3.8) is 0 Å². The largest absolute Gasteiger partial charge is 0.493 e. The van der Waals surface area contributed by atoms with E-state index in [0.717, 1.165) is 11.3 Å². The zero-order chi connectivity index (χ0) is 19.6. The summed E-state index contributed by atoms with van der Waals surface area (Å²) < 4.78 is 16.6. The van der Waals surface area contributed by atoms with E-state index in [1.165, 1.54) is 14.0 Å². The molecule has 1 atom stereocenters. The molecule has 0 spiro atoms. The lowest BCUT2D eigenvalue weighted by Crippen LogP contribution is -2.23. The van der Waals surface area contributed by atoms with Crippen molar-refractivity contribution in [1.29, 1.82) is 5.26 Å². The molecular formula is C19H19N3O5. The van der Waals surface area contributed by atoms with E-state index in [0.29, 0.717) is 29.9 Å². The van der Waals surface area contributed by atoms with E-state index in [4.69, 9.17) is 19.9 Å². The summed E-state index contributed by atoms with van der Waals surface area (Å²) in [5, 5.41) is 18.9. The van der Waals surface area contributed by atoms with Crippen LogP contribution in [0.2, 0.25) is 0 Å². The number of benzene rings is 1. The zero-order valence-electron chi connectivity index (χ0n) is 15.0. The number of carboxylic acids is 1. The van der Waals surface area contributed by atoms with Gasteiger partial charge in [-0.25, -0.2) is 9.78 Å². The molecule has 0 aliphatic carbocycles. The van der Waals surface area contributed by atoms with Gasteiger partial charge in [-0.2, -0.15) is 5.26 Å². The molecule has 140 valence electrons. The summed E-state index contributed by atoms with van der Waals surface area (Å²) in [6, 6.07) is 7.23. The molecular weight excluding hydrogens is 350 g/mol. The molecule has 8 heteroatoms. The highest BCUT2D eigenvalue weighted by Gasteiger charge is 2.27. The van der Waals surface area contributed by atoms with Crippen molar-refractivity contribution in [2.75, 3.05) is 19.5 Å². The minimum absolute atomic E-state index is 0.119. The lowest BCUT2D eigenvalue weighted by molar-refractivity contribution is -0.144. The Hall–Kier alpha value is -3.31. The fraction of sp³-hybridized carbons (Fsp3) is 0.316. The number of methoxy groups -OCH3 is 1. The fourth-order valence-corrected chi connectivity index (χ4v) is 3.03. The molecule has 3 N–H and O–H groups in total. The molecule has 8 nitrogen and oxygen atoms in total. The van der Waals surface area contributed by atoms with Gasteiger partial charge in [0.15, 0.2) is 17.6 Å². The second-order valence-corrected chi connectivity index (χ2v) is 6.02. The van der Waals surface area contributed by atoms with Crippen LogP contribution in [-0.4, -0.2) is 35.9 Å². The second kappa shape index (κ2) is 7.51. The average Bonchev–Trinajstić information content (AvgIpc) is 2.67. The first-order chi connectivity index (χ1) is 13.0. The molecule has 1 aromatic carbocycles. The minimum atomic E-state index is -1.12. The van der Waals surface area contributed by atoms with E-state index in [1.54, 1.807) is 18.2 Å². The normalized spacial score (nSPS) is 14.0. The molecule has 1 aliphatic heterocycles. The van der Waals surface area contributed by atoms with E-state index in [-0.39, 0.29) is 23.7 Å². The number of nitriles is 1. The number of carboxylic acid groups (broad SMARTS) is 1. The Kier molecular flexibility index (Phi) is 5.14. The summed E-state index contributed by atoms with van der Waals surface area (Å²) in [5.74, 6) is -0.421. The van der Waals surface area contributed by atoms with E-state index < -0.39 is 12.1 Å². The van der Waals surface area contributed by atoms with Gasteiger partial charge in [-0.1, -0.05) is 12.1 Å². The third-order valence-corrected chi connectivity index (χ3v) is 4.36. The number of carbonyl (C=O) groups is 1. The molecule has 27 heavy (non-hydrogen) atoms. The smallest absolute Gasteiger partial charge is 0.344 e. The van der Waals surface area contributed by atoms with Crippen LogP contribution in [0.15, 0.2) is 18.2 Å². The first kappa shape index (κ1) is 18.5. The van der Waals surface area contributed by atoms with Crippen molar-refractivity contribution in [3.05, 3.63) is 35.0 Å². The van der Waals surface area contributed by atoms with E-state index in [2.05, 4.69) is 11.1 Å². The molecule has 0 saturated carbocycles. The van der Waals surface area contributed by atoms with Gasteiger partial charge < -0.3 is 25.1 Å². The maximum atomic E-state index is 11.3. The van der Waals surface area contributed by atoms with Crippen LogP contribution in [0.4, 0.5) is 5.82 Å². The maximum Gasteiger partial charge on any atom is 0.344 e. The topological polar surface area (TPSA) is 128 Å². The number of pyridine rings is 1. The number of aliphatic carboxylic acids is 1. The van der Waals surface area contributed by atoms with Crippen molar-refractivity contribution in [3.8, 4) is 28.7 Å². The SMILES string of the molecule is COc1cccc(-c2c(C#N)c(N)nc3c2COCC3)c1O[C@H](C)C(=O)O. The lowest BCUT2D eigenvalue weighted by atomic mass is 9.92. The maximum absolute atomic E-state index is 11.3. The van der Waals surface area contributed by atoms with Gasteiger partial charge in [0.25, 0.3) is 0 Å². The predicted molar refractivity (Wildman–Crippen MR) is 96.4 cm³/mol. The molecule has 0 bridgehead atoms. The number of aromatic nitrogens is 1. The van der Waals surface area contributed by atoms with Crippen molar-refractivity contribution < 1.29 is 24.1 Å². The van der Waals surface area contributed by atoms with Gasteiger partial charge in [0, 0.05) is 23.1 Å². The van der Waals surface area contributed by atoms with Gasteiger partial charge in [0.05, 0.1) is 26.0 Å². The van der Waals surface area contributed by atoms with Gasteiger partial charge in [-0.05, 0) is 13.0 Å². The standard InChI is InChI=1S/C19H19N3O5/c1-10(19(23)24)27-17-11(4-3-5-15(17)25-2)16-12(8-20)18(21)22-14-6-7-26-9-13(14)16/h3-5,10H,6-7,9H2,1-2H3,(H2,21,22)(H,23,24)/t10-/m1/s1. The molecule has 2 aromatic rings. The average molecular weight is 369 g/mol. The molecule has 2 heterocycles. The Labute approximate surface area is 156 Å². The Morgan fingerprint density at radius 2 is 2.26 bits per heavy atom. The number of rotatable bonds is 5. The van der Waals surface area contributed by atoms with E-state index >= 15 is 0 Å². The van der Waals surface area contributed by atoms with Crippen LogP contribution >= 0.6 is 0 Å². The quantitative estimate of drug-likeness (QED) is 0.820. The molecule has 0 radical (unpaired) electrons. The number of anilines is 1. The fourth-order valence-electron chi connectivity index (χ4n) is 3.03. The highest BCUT2D eigenvalue weighted by atomic mass is 16.5. The van der Waals surface area contributed by atoms with E-state index in [9.17, 15) is 15.2 Å². The van der Waals surface area contributed by atoms with Crippen LogP contribution in [0.3, 0.4) is 0 Å². The number of para-hydroxylation sites is 1. The highest BCUT2D eigenvalue weighted by molar-refractivity contribution is 5.84. The summed E-state index contributed by atoms with van der Waals surface area (Å²) in [5.41, 5.74) is 8.76. The van der Waals surface area contributed by atoms with Crippen molar-refractivity contribution in [2.45, 2.75) is 26.1 Å². The molecule has 0 fully saturated rings. The minimum Gasteiger partial charge on any atom is -0.493 e. The summed E-state index contributed by atoms with van der Waals surface area (Å²) in [6.07, 6.45) is -0.541. The summed E-state index contributed by atoms with van der Waals surface area (Å²) in [4.78, 5) is 15.6. The summed E-state index contributed by atoms with van der Waals surface area (Å²) in [7, 11) is 1.46. The highest BCUT2D eigenvalue weighted by Crippen LogP contribution is 2.43. The van der Waals surface area contributed by atoms with Gasteiger partial charge in [0.1, 0.15) is 17.5 Å². The number of ether oxygens (including phenoxy) is 3. The first-order valence-corrected chi connectivity index (χ1v) is 8.33. The zero-order valence-corrected chi connectivity index (χ0v) is 15.0. The van der Waals surface area contributed by atoms with Crippen molar-refractivity contribution >= 4 is 11.8 Å². The third kappa shape index (κ3) is 3.37. The summed E-state index contributed by atoms with van der Waals surface area (Å²) in [6.45, 7) is 2.21. The predicted octanol–water partition coefficient (Wildman–Crippen LogP) is 2.14. The van der Waals surface area contributed by atoms with Gasteiger partial charge in [0.2, 0.25) is 0 Å². The number of nitrogens with two attached hydrogens (primary N) is 1. The molecule has 1 aromatic heterocycles. The third-order valence-electron chi connectivity index (χ3n) is 4.36. The Morgan fingerprint density at radius 3 is 2.93 bits per heavy atom. The van der Waals surface area contributed by atoms with Crippen LogP contribution in [0.25, 0.3) is 11.1 Å². The lowest BCUT2D eigenvalue weighted by Gasteiger charge is -2.24. The van der Waals surface area contributed by atoms with Gasteiger partial charge in [-0.3, -0.25) is 0 Å². The molecule has 1 aliphatic rings. The number of hydrogen-bond acceptors (Lipinski definition) is 7. The first-order valence-electron chi connectivity index (χ1n) is 8.33. The van der Waals surface area contributed by atoms with Crippen LogP contribution in [-0.2, 0) is 22.6 Å². The Bertz CT molecular complexity index is 936. The summed E-state index contributed by atoms with van der Waals surface area (Å²) >= 11 is 0. The van der Waals surface area contributed by atoms with Crippen molar-refractivity contribution in [2.24, 2.45) is 0 Å². The number of hydrogen-bond donors (Lipinski definition) is 2. The Morgan fingerprint density at radius 1 is 1.48 bits per heavy atom. The van der Waals surface area contributed by atoms with E-state index in [1.807, 2.05) is 0 Å².